The van der Waals surface area contributed by atoms with E-state index < -0.39 is 18.1 Å². The van der Waals surface area contributed by atoms with Crippen molar-refractivity contribution in [3.63, 3.8) is 0 Å². The fourth-order valence-corrected chi connectivity index (χ4v) is 10.1. The predicted octanol–water partition coefficient (Wildman–Crippen LogP) is 7.34. The van der Waals surface area contributed by atoms with Crippen molar-refractivity contribution >= 4 is 45.4 Å². The van der Waals surface area contributed by atoms with Gasteiger partial charge in [-0.15, -0.1) is 21.5 Å². The summed E-state index contributed by atoms with van der Waals surface area (Å²) in [6.07, 6.45) is -0.561. The largest absolute Gasteiger partial charge is 0.507 e. The van der Waals surface area contributed by atoms with Gasteiger partial charge in [-0.1, -0.05) is 68.4 Å². The standard InChI is InChI=1S/C47H49N7O4S/c1-28(2)43(46(58)54-22-37(55)21-41(54)45(57)49-29(3)31-12-14-32(15-13-31)44-30(4)48-27-59-44)34-8-7-9-35(18-34)52-23-47(24-52)25-53(26-47)36-17-16-33-19-40(51-50-39(33)20-36)38-10-5-6-11-42(38)56/h5-20,27-29,37,41,43,55-56H,21-26H2,1-4H3,(H,49,57)/t29?,37-,41+,43?/m1/s1. The number of amides is 2. The number of nitrogens with one attached hydrogen (secondary N) is 1. The first-order chi connectivity index (χ1) is 28.4. The summed E-state index contributed by atoms with van der Waals surface area (Å²) >= 11 is 1.61. The number of aliphatic hydroxyl groups is 1. The van der Waals surface area contributed by atoms with E-state index in [1.54, 1.807) is 28.4 Å². The van der Waals surface area contributed by atoms with E-state index >= 15 is 0 Å². The smallest absolute Gasteiger partial charge is 0.243 e. The van der Waals surface area contributed by atoms with Crippen molar-refractivity contribution in [2.24, 2.45) is 11.3 Å². The number of aromatic hydroxyl groups is 1. The molecular weight excluding hydrogens is 759 g/mol. The van der Waals surface area contributed by atoms with E-state index in [9.17, 15) is 19.8 Å². The Labute approximate surface area is 348 Å². The molecule has 59 heavy (non-hydrogen) atoms. The van der Waals surface area contributed by atoms with Crippen LogP contribution in [0.3, 0.4) is 0 Å². The van der Waals surface area contributed by atoms with Gasteiger partial charge in [-0.2, -0.15) is 0 Å². The summed E-state index contributed by atoms with van der Waals surface area (Å²) in [7, 11) is 0. The number of nitrogens with zero attached hydrogens (tertiary/aromatic N) is 6. The first-order valence-electron chi connectivity index (χ1n) is 20.4. The number of rotatable bonds is 10. The second-order valence-electron chi connectivity index (χ2n) is 17.0. The second kappa shape index (κ2) is 15.4. The number of phenolic OH excluding ortho intramolecular Hbond substituents is 1. The van der Waals surface area contributed by atoms with Crippen LogP contribution in [0.5, 0.6) is 5.75 Å². The number of likely N-dealkylation sites (tertiary alicyclic amines) is 1. The van der Waals surface area contributed by atoms with Crippen LogP contribution in [-0.2, 0) is 9.59 Å². The highest BCUT2D eigenvalue weighted by molar-refractivity contribution is 7.13. The van der Waals surface area contributed by atoms with Crippen LogP contribution in [0.15, 0.2) is 103 Å². The Balaban J connectivity index is 0.831. The monoisotopic (exact) mass is 807 g/mol. The first kappa shape index (κ1) is 38.7. The maximum atomic E-state index is 14.4. The van der Waals surface area contributed by atoms with Crippen LogP contribution in [0.25, 0.3) is 32.6 Å². The molecule has 2 aromatic heterocycles. The van der Waals surface area contributed by atoms with Gasteiger partial charge < -0.3 is 30.2 Å². The SMILES string of the molecule is Cc1ncsc1-c1ccc(C(C)NC(=O)[C@@H]2C[C@@H](O)CN2C(=O)C(c2cccc(N3CC4(C3)CN(c3ccc5cc(-c6ccccc6O)nnc5c3)C4)c2)C(C)C)cc1. The van der Waals surface area contributed by atoms with Crippen LogP contribution in [0.4, 0.5) is 11.4 Å². The van der Waals surface area contributed by atoms with Crippen molar-refractivity contribution in [3.05, 3.63) is 119 Å². The van der Waals surface area contributed by atoms with Gasteiger partial charge in [0.05, 0.1) is 45.4 Å². The number of hydrogen-bond donors (Lipinski definition) is 3. The number of aryl methyl sites for hydroxylation is 1. The number of carbonyl (C=O) groups excluding carboxylic acids is 2. The van der Waals surface area contributed by atoms with Gasteiger partial charge in [0.25, 0.3) is 0 Å². The maximum Gasteiger partial charge on any atom is 0.243 e. The van der Waals surface area contributed by atoms with Crippen LogP contribution in [0.1, 0.15) is 56.0 Å². The number of aliphatic hydroxyl groups excluding tert-OH is 1. The molecule has 11 nitrogen and oxygen atoms in total. The fourth-order valence-electron chi connectivity index (χ4n) is 9.24. The molecule has 302 valence electrons. The maximum absolute atomic E-state index is 14.4. The fraction of sp³-hybridized carbons (Fsp3) is 0.340. The minimum absolute atomic E-state index is 0.0227. The number of phenols is 1. The lowest BCUT2D eigenvalue weighted by Crippen LogP contribution is -2.72. The molecule has 5 heterocycles. The zero-order valence-corrected chi connectivity index (χ0v) is 34.6. The van der Waals surface area contributed by atoms with E-state index in [4.69, 9.17) is 0 Å². The summed E-state index contributed by atoms with van der Waals surface area (Å²) in [6, 6.07) is 30.8. The molecule has 1 spiro atoms. The molecule has 4 aromatic carbocycles. The van der Waals surface area contributed by atoms with E-state index in [2.05, 4.69) is 60.6 Å². The number of fused-ring (bicyclic) bond motifs is 1. The number of aromatic nitrogens is 3. The summed E-state index contributed by atoms with van der Waals surface area (Å²) < 4.78 is 0. The number of β-amino-alcohol motifs (C(OH)–C–C–N with tert-alkyl or cyclic N) is 1. The number of thiazole rings is 1. The van der Waals surface area contributed by atoms with Crippen molar-refractivity contribution in [2.75, 3.05) is 42.5 Å². The molecule has 4 atom stereocenters. The first-order valence-corrected chi connectivity index (χ1v) is 21.3. The highest BCUT2D eigenvalue weighted by Crippen LogP contribution is 2.45. The van der Waals surface area contributed by atoms with Crippen molar-refractivity contribution < 1.29 is 19.8 Å². The summed E-state index contributed by atoms with van der Waals surface area (Å²) in [5.74, 6) is -0.685. The number of para-hydroxylation sites is 1. The molecule has 9 rings (SSSR count). The van der Waals surface area contributed by atoms with Gasteiger partial charge >= 0.3 is 0 Å². The van der Waals surface area contributed by atoms with E-state index in [-0.39, 0.29) is 47.9 Å². The van der Waals surface area contributed by atoms with Crippen LogP contribution >= 0.6 is 11.3 Å². The van der Waals surface area contributed by atoms with Gasteiger partial charge in [0, 0.05) is 66.9 Å². The van der Waals surface area contributed by atoms with Gasteiger partial charge in [0.2, 0.25) is 11.8 Å². The lowest BCUT2D eigenvalue weighted by Gasteiger charge is -2.61. The molecule has 3 saturated heterocycles. The third kappa shape index (κ3) is 7.40. The summed E-state index contributed by atoms with van der Waals surface area (Å²) in [5, 5.41) is 34.1. The molecular formula is C47H49N7O4S. The molecule has 12 heteroatoms. The number of anilines is 2. The highest BCUT2D eigenvalue weighted by atomic mass is 32.1. The van der Waals surface area contributed by atoms with Crippen LogP contribution in [0.2, 0.25) is 0 Å². The molecule has 0 bridgehead atoms. The van der Waals surface area contributed by atoms with Crippen LogP contribution in [-0.4, -0.2) is 87.0 Å². The minimum atomic E-state index is -0.768. The van der Waals surface area contributed by atoms with E-state index in [1.807, 2.05) is 87.8 Å². The lowest BCUT2D eigenvalue weighted by molar-refractivity contribution is -0.140. The molecule has 3 N–H and O–H groups in total. The van der Waals surface area contributed by atoms with Crippen molar-refractivity contribution in [1.82, 2.24) is 25.4 Å². The number of carbonyl (C=O) groups is 2. The van der Waals surface area contributed by atoms with Gasteiger partial charge in [0.15, 0.2) is 0 Å². The molecule has 3 fully saturated rings. The van der Waals surface area contributed by atoms with Gasteiger partial charge in [-0.05, 0) is 78.9 Å². The molecule has 6 aromatic rings. The third-order valence-electron chi connectivity index (χ3n) is 12.4. The van der Waals surface area contributed by atoms with E-state index in [0.29, 0.717) is 11.3 Å². The molecule has 0 radical (unpaired) electrons. The molecule has 2 unspecified atom stereocenters. The Bertz CT molecular complexity index is 2530. The van der Waals surface area contributed by atoms with Gasteiger partial charge in [0.1, 0.15) is 11.8 Å². The zero-order chi connectivity index (χ0) is 41.0. The number of benzene rings is 4. The van der Waals surface area contributed by atoms with E-state index in [1.165, 1.54) is 0 Å². The summed E-state index contributed by atoms with van der Waals surface area (Å²) in [4.78, 5) is 40.1. The Morgan fingerprint density at radius 2 is 1.58 bits per heavy atom. The van der Waals surface area contributed by atoms with Crippen LogP contribution < -0.4 is 15.1 Å². The van der Waals surface area contributed by atoms with Crippen molar-refractivity contribution in [3.8, 4) is 27.4 Å². The van der Waals surface area contributed by atoms with Gasteiger partial charge in [-0.3, -0.25) is 9.59 Å². The van der Waals surface area contributed by atoms with Crippen LogP contribution in [0, 0.1) is 18.3 Å². The Morgan fingerprint density at radius 1 is 0.847 bits per heavy atom. The molecule has 0 aliphatic carbocycles. The molecule has 2 amide bonds. The Kier molecular flexibility index (Phi) is 10.1. The lowest BCUT2D eigenvalue weighted by atomic mass is 9.72. The Morgan fingerprint density at radius 3 is 2.27 bits per heavy atom. The molecule has 3 aliphatic heterocycles. The minimum Gasteiger partial charge on any atom is -0.507 e. The Hall–Kier alpha value is -5.85. The zero-order valence-electron chi connectivity index (χ0n) is 33.7. The van der Waals surface area contributed by atoms with Crippen molar-refractivity contribution in [1.29, 1.82) is 0 Å². The highest BCUT2D eigenvalue weighted by Gasteiger charge is 2.52. The topological polar surface area (TPSA) is 135 Å². The van der Waals surface area contributed by atoms with Crippen molar-refractivity contribution in [2.45, 2.75) is 58.2 Å². The second-order valence-corrected chi connectivity index (χ2v) is 17.9. The molecule has 3 aliphatic rings. The molecule has 0 saturated carbocycles. The average Bonchev–Trinajstić information content (AvgIpc) is 3.82. The summed E-state index contributed by atoms with van der Waals surface area (Å²) in [6.45, 7) is 11.9. The average molecular weight is 808 g/mol. The summed E-state index contributed by atoms with van der Waals surface area (Å²) in [5.41, 5.74) is 10.3. The van der Waals surface area contributed by atoms with E-state index in [0.717, 1.165) is 75.7 Å². The number of hydrogen-bond acceptors (Lipinski definition) is 10. The third-order valence-corrected chi connectivity index (χ3v) is 13.4. The normalized spacial score (nSPS) is 19.5. The predicted molar refractivity (Wildman–Crippen MR) is 232 cm³/mol. The van der Waals surface area contributed by atoms with Gasteiger partial charge in [-0.25, -0.2) is 4.98 Å². The quantitative estimate of drug-likeness (QED) is 0.130.